The molecule has 1 heterocycles. The van der Waals surface area contributed by atoms with Gasteiger partial charge >= 0.3 is 0 Å². The highest BCUT2D eigenvalue weighted by Crippen LogP contribution is 2.17. The third-order valence-electron chi connectivity index (χ3n) is 2.65. The molecule has 86 valence electrons. The van der Waals surface area contributed by atoms with Crippen molar-refractivity contribution in [3.63, 3.8) is 0 Å². The van der Waals surface area contributed by atoms with Crippen LogP contribution in [0.15, 0.2) is 16.5 Å². The van der Waals surface area contributed by atoms with E-state index in [0.717, 1.165) is 11.5 Å². The van der Waals surface area contributed by atoms with Crippen LogP contribution in [0, 0.1) is 12.8 Å². The fourth-order valence-electron chi connectivity index (χ4n) is 1.55. The highest BCUT2D eigenvalue weighted by molar-refractivity contribution is 5.09. The van der Waals surface area contributed by atoms with Crippen LogP contribution in [0.1, 0.15) is 38.3 Å². The van der Waals surface area contributed by atoms with Crippen LogP contribution in [0.3, 0.4) is 0 Å². The number of nitrogens with one attached hydrogen (secondary N) is 1. The van der Waals surface area contributed by atoms with Gasteiger partial charge in [0.05, 0.1) is 12.6 Å². The van der Waals surface area contributed by atoms with E-state index in [4.69, 9.17) is 4.42 Å². The Kier molecular flexibility index (Phi) is 4.36. The Labute approximate surface area is 91.5 Å². The van der Waals surface area contributed by atoms with Crippen LogP contribution >= 0.6 is 0 Å². The van der Waals surface area contributed by atoms with Crippen LogP contribution in [-0.4, -0.2) is 17.8 Å². The fraction of sp³-hybridized carbons (Fsp3) is 0.667. The van der Waals surface area contributed by atoms with Gasteiger partial charge in [-0.15, -0.1) is 0 Å². The molecule has 0 aromatic carbocycles. The zero-order chi connectivity index (χ0) is 11.4. The summed E-state index contributed by atoms with van der Waals surface area (Å²) in [4.78, 5) is 0. The number of aliphatic hydroxyl groups is 1. The lowest BCUT2D eigenvalue weighted by Gasteiger charge is -2.23. The maximum absolute atomic E-state index is 9.20. The monoisotopic (exact) mass is 211 g/mol. The van der Waals surface area contributed by atoms with Crippen molar-refractivity contribution in [2.75, 3.05) is 6.61 Å². The number of aryl methyl sites for hydroxylation is 1. The van der Waals surface area contributed by atoms with Crippen LogP contribution in [0.2, 0.25) is 0 Å². The molecule has 0 saturated carbocycles. The van der Waals surface area contributed by atoms with E-state index in [1.54, 1.807) is 0 Å². The van der Waals surface area contributed by atoms with Crippen molar-refractivity contribution < 1.29 is 9.52 Å². The molecule has 3 heteroatoms. The molecular weight excluding hydrogens is 190 g/mol. The Balaban J connectivity index is 2.58. The minimum absolute atomic E-state index is 0.116. The number of rotatable bonds is 5. The molecule has 2 N–H and O–H groups in total. The van der Waals surface area contributed by atoms with Crippen LogP contribution in [0.4, 0.5) is 0 Å². The summed E-state index contributed by atoms with van der Waals surface area (Å²) >= 11 is 0. The first-order valence-electron chi connectivity index (χ1n) is 5.47. The van der Waals surface area contributed by atoms with Crippen LogP contribution < -0.4 is 5.32 Å². The smallest absolute Gasteiger partial charge is 0.120 e. The largest absolute Gasteiger partial charge is 0.465 e. The van der Waals surface area contributed by atoms with Crippen LogP contribution in [-0.2, 0) is 0 Å². The average Bonchev–Trinajstić information content (AvgIpc) is 2.60. The molecule has 0 saturated heterocycles. The second-order valence-electron chi connectivity index (χ2n) is 4.37. The molecule has 0 bridgehead atoms. The van der Waals surface area contributed by atoms with E-state index in [-0.39, 0.29) is 18.7 Å². The van der Waals surface area contributed by atoms with E-state index >= 15 is 0 Å². The molecule has 0 radical (unpaired) electrons. The molecule has 0 aliphatic carbocycles. The van der Waals surface area contributed by atoms with Gasteiger partial charge in [0.25, 0.3) is 0 Å². The van der Waals surface area contributed by atoms with E-state index < -0.39 is 0 Å². The first-order chi connectivity index (χ1) is 7.04. The molecule has 15 heavy (non-hydrogen) atoms. The Bertz CT molecular complexity index is 294. The Morgan fingerprint density at radius 3 is 2.40 bits per heavy atom. The molecule has 1 unspecified atom stereocenters. The number of aliphatic hydroxyl groups excluding tert-OH is 1. The van der Waals surface area contributed by atoms with Gasteiger partial charge in [0.15, 0.2) is 0 Å². The van der Waals surface area contributed by atoms with Crippen molar-refractivity contribution in [1.29, 1.82) is 0 Å². The van der Waals surface area contributed by atoms with E-state index in [9.17, 15) is 5.11 Å². The topological polar surface area (TPSA) is 45.4 Å². The predicted octanol–water partition coefficient (Wildman–Crippen LogP) is 2.26. The number of hydrogen-bond donors (Lipinski definition) is 2. The third kappa shape index (κ3) is 3.36. The van der Waals surface area contributed by atoms with Crippen LogP contribution in [0.25, 0.3) is 0 Å². The molecule has 2 atom stereocenters. The molecule has 0 amide bonds. The first kappa shape index (κ1) is 12.3. The Morgan fingerprint density at radius 2 is 2.00 bits per heavy atom. The fourth-order valence-corrected chi connectivity index (χ4v) is 1.55. The summed E-state index contributed by atoms with van der Waals surface area (Å²) in [5.74, 6) is 2.25. The zero-order valence-electron chi connectivity index (χ0n) is 9.95. The predicted molar refractivity (Wildman–Crippen MR) is 60.7 cm³/mol. The Hall–Kier alpha value is -0.800. The summed E-state index contributed by atoms with van der Waals surface area (Å²) in [7, 11) is 0. The number of hydrogen-bond acceptors (Lipinski definition) is 3. The van der Waals surface area contributed by atoms with Gasteiger partial charge in [0, 0.05) is 6.04 Å². The standard InChI is InChI=1S/C12H21NO2/c1-8(2)11(7-14)13-10(4)12-6-5-9(3)15-12/h5-6,8,10-11,13-14H,7H2,1-4H3/t10?,11-/m1/s1. The quantitative estimate of drug-likeness (QED) is 0.785. The van der Waals surface area contributed by atoms with Gasteiger partial charge in [0.1, 0.15) is 11.5 Å². The lowest BCUT2D eigenvalue weighted by Crippen LogP contribution is -2.38. The van der Waals surface area contributed by atoms with Crippen LogP contribution in [0.5, 0.6) is 0 Å². The SMILES string of the molecule is Cc1ccc(C(C)N[C@H](CO)C(C)C)o1. The van der Waals surface area contributed by atoms with Crippen molar-refractivity contribution in [2.45, 2.75) is 39.8 Å². The van der Waals surface area contributed by atoms with Crippen molar-refractivity contribution in [2.24, 2.45) is 5.92 Å². The summed E-state index contributed by atoms with van der Waals surface area (Å²) in [6.07, 6.45) is 0. The maximum atomic E-state index is 9.20. The molecule has 3 nitrogen and oxygen atoms in total. The zero-order valence-corrected chi connectivity index (χ0v) is 9.95. The van der Waals surface area contributed by atoms with Gasteiger partial charge in [0.2, 0.25) is 0 Å². The molecule has 1 rings (SSSR count). The van der Waals surface area contributed by atoms with Gasteiger partial charge < -0.3 is 14.8 Å². The van der Waals surface area contributed by atoms with Gasteiger partial charge in [-0.05, 0) is 31.9 Å². The van der Waals surface area contributed by atoms with Crippen molar-refractivity contribution in [3.05, 3.63) is 23.7 Å². The summed E-state index contributed by atoms with van der Waals surface area (Å²) in [6, 6.07) is 4.18. The summed E-state index contributed by atoms with van der Waals surface area (Å²) in [5.41, 5.74) is 0. The van der Waals surface area contributed by atoms with Crippen molar-refractivity contribution >= 4 is 0 Å². The molecule has 1 aromatic heterocycles. The maximum Gasteiger partial charge on any atom is 0.120 e. The van der Waals surface area contributed by atoms with Gasteiger partial charge in [-0.25, -0.2) is 0 Å². The molecule has 1 aromatic rings. The summed E-state index contributed by atoms with van der Waals surface area (Å²) in [6.45, 7) is 8.31. The van der Waals surface area contributed by atoms with Gasteiger partial charge in [-0.2, -0.15) is 0 Å². The highest BCUT2D eigenvalue weighted by atomic mass is 16.3. The van der Waals surface area contributed by atoms with Crippen molar-refractivity contribution in [3.8, 4) is 0 Å². The molecule has 0 aliphatic rings. The summed E-state index contributed by atoms with van der Waals surface area (Å²) < 4.78 is 5.53. The van der Waals surface area contributed by atoms with E-state index in [0.29, 0.717) is 5.92 Å². The van der Waals surface area contributed by atoms with E-state index in [2.05, 4.69) is 19.2 Å². The highest BCUT2D eigenvalue weighted by Gasteiger charge is 2.17. The second kappa shape index (κ2) is 5.33. The molecular formula is C12H21NO2. The van der Waals surface area contributed by atoms with Gasteiger partial charge in [-0.3, -0.25) is 0 Å². The minimum atomic E-state index is 0.116. The first-order valence-corrected chi connectivity index (χ1v) is 5.47. The molecule has 0 spiro atoms. The van der Waals surface area contributed by atoms with Gasteiger partial charge in [-0.1, -0.05) is 13.8 Å². The average molecular weight is 211 g/mol. The summed E-state index contributed by atoms with van der Waals surface area (Å²) in [5, 5.41) is 12.6. The van der Waals surface area contributed by atoms with Crippen molar-refractivity contribution in [1.82, 2.24) is 5.32 Å². The normalized spacial score (nSPS) is 15.6. The third-order valence-corrected chi connectivity index (χ3v) is 2.65. The lowest BCUT2D eigenvalue weighted by atomic mass is 10.0. The van der Waals surface area contributed by atoms with E-state index in [1.165, 1.54) is 0 Å². The molecule has 0 aliphatic heterocycles. The second-order valence-corrected chi connectivity index (χ2v) is 4.37. The lowest BCUT2D eigenvalue weighted by molar-refractivity contribution is 0.196. The Morgan fingerprint density at radius 1 is 1.33 bits per heavy atom. The van der Waals surface area contributed by atoms with E-state index in [1.807, 2.05) is 26.0 Å². The molecule has 0 fully saturated rings. The minimum Gasteiger partial charge on any atom is -0.465 e. The number of furan rings is 1.